The third kappa shape index (κ3) is 20.4. The number of hydrogen-bond donors (Lipinski definition) is 2. The van der Waals surface area contributed by atoms with E-state index in [1.165, 1.54) is 5.06 Å². The summed E-state index contributed by atoms with van der Waals surface area (Å²) in [5.74, 6) is -1.54. The number of ether oxygens (including phenoxy) is 2. The fraction of sp³-hybridized carbons (Fsp3) is 0.833. The summed E-state index contributed by atoms with van der Waals surface area (Å²) in [5, 5.41) is 12.4. The van der Waals surface area contributed by atoms with Crippen LogP contribution < -0.4 is 5.32 Å². The molecule has 10 nitrogen and oxygen atoms in total. The predicted octanol–water partition coefficient (Wildman–Crippen LogP) is 3.23. The van der Waals surface area contributed by atoms with Crippen LogP contribution in [0.25, 0.3) is 0 Å². The summed E-state index contributed by atoms with van der Waals surface area (Å²) in [6, 6.07) is 0. The normalized spacial score (nSPS) is 11.2. The number of carboxylic acid groups (broad SMARTS) is 1. The van der Waals surface area contributed by atoms with Gasteiger partial charge in [0.1, 0.15) is 5.60 Å². The molecule has 0 atom stereocenters. The van der Waals surface area contributed by atoms with Gasteiger partial charge in [-0.2, -0.15) is 0 Å². The minimum absolute atomic E-state index is 0.0554. The van der Waals surface area contributed by atoms with Crippen molar-refractivity contribution in [2.45, 2.75) is 97.5 Å². The first-order chi connectivity index (χ1) is 16.0. The Morgan fingerprint density at radius 3 is 2.03 bits per heavy atom. The number of rotatable bonds is 20. The first-order valence-electron chi connectivity index (χ1n) is 12.3. The van der Waals surface area contributed by atoms with Gasteiger partial charge in [0.25, 0.3) is 0 Å². The van der Waals surface area contributed by atoms with Gasteiger partial charge in [0, 0.05) is 32.4 Å². The van der Waals surface area contributed by atoms with Gasteiger partial charge in [-0.3, -0.25) is 24.0 Å². The first-order valence-corrected chi connectivity index (χ1v) is 12.3. The van der Waals surface area contributed by atoms with Gasteiger partial charge in [-0.05, 0) is 40.5 Å². The summed E-state index contributed by atoms with van der Waals surface area (Å²) in [6.07, 6.45) is 6.22. The molecule has 0 heterocycles. The standard InChI is InChI=1S/C24H44N2O8/c1-5-26(33-19-18-32-17-16-25-20(27)14-15-22(29)30)21(28)12-10-8-6-7-9-11-13-23(31)34-24(2,3)4/h5-19H2,1-4H3,(H,25,27)(H,29,30). The largest absolute Gasteiger partial charge is 0.481 e. The summed E-state index contributed by atoms with van der Waals surface area (Å²) in [6.45, 7) is 8.95. The van der Waals surface area contributed by atoms with E-state index in [0.29, 0.717) is 19.4 Å². The quantitative estimate of drug-likeness (QED) is 0.152. The maximum atomic E-state index is 12.3. The van der Waals surface area contributed by atoms with Gasteiger partial charge in [-0.1, -0.05) is 25.7 Å². The molecule has 0 spiro atoms. The SMILES string of the molecule is CCN(OCCOCCNC(=O)CCC(=O)O)C(=O)CCCCCCCCC(=O)OC(C)(C)C. The fourth-order valence-electron chi connectivity index (χ4n) is 2.99. The lowest BCUT2D eigenvalue weighted by Crippen LogP contribution is -2.32. The highest BCUT2D eigenvalue weighted by Crippen LogP contribution is 2.13. The number of esters is 1. The van der Waals surface area contributed by atoms with E-state index in [4.69, 9.17) is 19.4 Å². The highest BCUT2D eigenvalue weighted by atomic mass is 16.7. The summed E-state index contributed by atoms with van der Waals surface area (Å²) >= 11 is 0. The van der Waals surface area contributed by atoms with Gasteiger partial charge < -0.3 is 19.9 Å². The monoisotopic (exact) mass is 488 g/mol. The Labute approximate surface area is 203 Å². The molecule has 0 aliphatic rings. The van der Waals surface area contributed by atoms with Crippen LogP contribution in [-0.4, -0.2) is 72.4 Å². The molecule has 0 unspecified atom stereocenters. The molecule has 2 N–H and O–H groups in total. The van der Waals surface area contributed by atoms with Gasteiger partial charge in [0.15, 0.2) is 0 Å². The molecule has 0 bridgehead atoms. The van der Waals surface area contributed by atoms with E-state index >= 15 is 0 Å². The zero-order chi connectivity index (χ0) is 25.8. The highest BCUT2D eigenvalue weighted by molar-refractivity contribution is 5.80. The molecule has 0 fully saturated rings. The number of unbranched alkanes of at least 4 members (excludes halogenated alkanes) is 5. The number of nitrogens with one attached hydrogen (secondary N) is 1. The van der Waals surface area contributed by atoms with E-state index in [-0.39, 0.29) is 57.0 Å². The molecule has 10 heteroatoms. The number of carbonyl (C=O) groups excluding carboxylic acids is 3. The van der Waals surface area contributed by atoms with Gasteiger partial charge in [-0.15, -0.1) is 0 Å². The molecule has 198 valence electrons. The van der Waals surface area contributed by atoms with Crippen LogP contribution in [0.15, 0.2) is 0 Å². The van der Waals surface area contributed by atoms with E-state index in [1.807, 2.05) is 27.7 Å². The molecule has 0 aliphatic carbocycles. The zero-order valence-corrected chi connectivity index (χ0v) is 21.4. The fourth-order valence-corrected chi connectivity index (χ4v) is 2.99. The van der Waals surface area contributed by atoms with Gasteiger partial charge in [0.05, 0.1) is 26.2 Å². The van der Waals surface area contributed by atoms with Crippen LogP contribution in [0.3, 0.4) is 0 Å². The van der Waals surface area contributed by atoms with Gasteiger partial charge in [0.2, 0.25) is 11.8 Å². The van der Waals surface area contributed by atoms with Crippen molar-refractivity contribution in [1.29, 1.82) is 0 Å². The molecule has 0 rings (SSSR count). The Hall–Kier alpha value is -2.20. The van der Waals surface area contributed by atoms with Crippen LogP contribution in [0.1, 0.15) is 91.9 Å². The second kappa shape index (κ2) is 19.1. The third-order valence-corrected chi connectivity index (χ3v) is 4.62. The second-order valence-corrected chi connectivity index (χ2v) is 8.99. The minimum Gasteiger partial charge on any atom is -0.481 e. The molecule has 0 saturated carbocycles. The van der Waals surface area contributed by atoms with Crippen molar-refractivity contribution in [3.05, 3.63) is 0 Å². The molecular weight excluding hydrogens is 444 g/mol. The van der Waals surface area contributed by atoms with Crippen LogP contribution in [0.5, 0.6) is 0 Å². The smallest absolute Gasteiger partial charge is 0.306 e. The molecule has 0 radical (unpaired) electrons. The van der Waals surface area contributed by atoms with Crippen LogP contribution >= 0.6 is 0 Å². The molecule has 34 heavy (non-hydrogen) atoms. The number of carbonyl (C=O) groups is 4. The Kier molecular flexibility index (Phi) is 17.9. The van der Waals surface area contributed by atoms with E-state index in [0.717, 1.165) is 38.5 Å². The van der Waals surface area contributed by atoms with Gasteiger partial charge >= 0.3 is 11.9 Å². The maximum absolute atomic E-state index is 12.3. The average Bonchev–Trinajstić information content (AvgIpc) is 2.74. The van der Waals surface area contributed by atoms with E-state index < -0.39 is 11.6 Å². The second-order valence-electron chi connectivity index (χ2n) is 8.99. The van der Waals surface area contributed by atoms with Crippen molar-refractivity contribution in [2.24, 2.45) is 0 Å². The minimum atomic E-state index is -1.01. The lowest BCUT2D eigenvalue weighted by Gasteiger charge is -2.20. The number of carboxylic acids is 1. The molecule has 0 aliphatic heterocycles. The molecular formula is C24H44N2O8. The number of nitrogens with zero attached hydrogens (tertiary/aromatic N) is 1. The van der Waals surface area contributed by atoms with E-state index in [1.54, 1.807) is 0 Å². The number of hydroxylamine groups is 2. The van der Waals surface area contributed by atoms with Gasteiger partial charge in [-0.25, -0.2) is 5.06 Å². The molecule has 0 aromatic heterocycles. The van der Waals surface area contributed by atoms with E-state index in [9.17, 15) is 19.2 Å². The molecule has 0 aromatic rings. The maximum Gasteiger partial charge on any atom is 0.306 e. The summed E-state index contributed by atoms with van der Waals surface area (Å²) < 4.78 is 10.6. The van der Waals surface area contributed by atoms with Crippen molar-refractivity contribution in [1.82, 2.24) is 10.4 Å². The van der Waals surface area contributed by atoms with Crippen LogP contribution in [0, 0.1) is 0 Å². The molecule has 2 amide bonds. The molecule has 0 aromatic carbocycles. The van der Waals surface area contributed by atoms with Crippen LogP contribution in [0.2, 0.25) is 0 Å². The van der Waals surface area contributed by atoms with Crippen LogP contribution in [0.4, 0.5) is 0 Å². The lowest BCUT2D eigenvalue weighted by molar-refractivity contribution is -0.189. The Balaban J connectivity index is 3.68. The Bertz CT molecular complexity index is 604. The third-order valence-electron chi connectivity index (χ3n) is 4.62. The van der Waals surface area contributed by atoms with Crippen LogP contribution in [-0.2, 0) is 33.5 Å². The predicted molar refractivity (Wildman–Crippen MR) is 127 cm³/mol. The highest BCUT2D eigenvalue weighted by Gasteiger charge is 2.15. The number of hydrogen-bond acceptors (Lipinski definition) is 7. The lowest BCUT2D eigenvalue weighted by atomic mass is 10.1. The number of aliphatic carboxylic acids is 1. The summed E-state index contributed by atoms with van der Waals surface area (Å²) in [5.41, 5.74) is -0.433. The first kappa shape index (κ1) is 31.8. The topological polar surface area (TPSA) is 131 Å². The molecule has 0 saturated heterocycles. The van der Waals surface area contributed by atoms with Crippen molar-refractivity contribution in [3.63, 3.8) is 0 Å². The summed E-state index contributed by atoms with van der Waals surface area (Å²) in [7, 11) is 0. The zero-order valence-electron chi connectivity index (χ0n) is 21.4. The number of amides is 2. The van der Waals surface area contributed by atoms with Crippen molar-refractivity contribution in [2.75, 3.05) is 32.9 Å². The Morgan fingerprint density at radius 1 is 0.824 bits per heavy atom. The average molecular weight is 489 g/mol. The van der Waals surface area contributed by atoms with Crippen molar-refractivity contribution in [3.8, 4) is 0 Å². The summed E-state index contributed by atoms with van der Waals surface area (Å²) in [4.78, 5) is 51.2. The Morgan fingerprint density at radius 2 is 1.44 bits per heavy atom. The van der Waals surface area contributed by atoms with E-state index in [2.05, 4.69) is 5.32 Å². The van der Waals surface area contributed by atoms with Crippen molar-refractivity contribution < 1.29 is 38.6 Å². The van der Waals surface area contributed by atoms with Crippen molar-refractivity contribution >= 4 is 23.8 Å².